The number of hydrogen-bond donors (Lipinski definition) is 1. The van der Waals surface area contributed by atoms with E-state index >= 15 is 0 Å². The van der Waals surface area contributed by atoms with E-state index < -0.39 is 0 Å². The van der Waals surface area contributed by atoms with E-state index in [-0.39, 0.29) is 0 Å². The van der Waals surface area contributed by atoms with Crippen LogP contribution in [-0.4, -0.2) is 7.11 Å². The number of nitrogens with zero attached hydrogens (tertiary/aromatic N) is 1. The number of methoxy groups -OCH3 is 1. The third-order valence-electron chi connectivity index (χ3n) is 5.48. The second kappa shape index (κ2) is 8.64. The van der Waals surface area contributed by atoms with Gasteiger partial charge in [0.1, 0.15) is 35.4 Å². The molecule has 152 valence electrons. The molecule has 1 aliphatic rings. The van der Waals surface area contributed by atoms with Gasteiger partial charge in [-0.25, -0.2) is 4.98 Å². The Kier molecular flexibility index (Phi) is 5.78. The molecular formula is C24H23ClN3O2+. The number of ether oxygens (including phenoxy) is 2. The van der Waals surface area contributed by atoms with Crippen LogP contribution in [-0.2, 0) is 19.4 Å². The first kappa shape index (κ1) is 20.1. The average molecular weight is 421 g/mol. The molecule has 4 rings (SSSR count). The maximum atomic E-state index is 9.80. The summed E-state index contributed by atoms with van der Waals surface area (Å²) in [4.78, 5) is 3.24. The smallest absolute Gasteiger partial charge is 0.289 e. The summed E-state index contributed by atoms with van der Waals surface area (Å²) in [5, 5.41) is 10.4. The van der Waals surface area contributed by atoms with Crippen molar-refractivity contribution in [2.24, 2.45) is 0 Å². The third-order valence-corrected chi connectivity index (χ3v) is 5.79. The van der Waals surface area contributed by atoms with Crippen molar-refractivity contribution in [1.29, 1.82) is 5.26 Å². The Hall–Kier alpha value is -3.23. The zero-order chi connectivity index (χ0) is 21.1. The topological polar surface area (TPSA) is 82.4 Å². The number of aryl methyl sites for hydroxylation is 1. The van der Waals surface area contributed by atoms with Crippen LogP contribution in [0, 0.1) is 11.3 Å². The summed E-state index contributed by atoms with van der Waals surface area (Å²) in [6.45, 7) is 0.291. The summed E-state index contributed by atoms with van der Waals surface area (Å²) in [6.07, 6.45) is 4.08. The number of nitrogens with two attached hydrogens (primary N) is 1. The van der Waals surface area contributed by atoms with Crippen molar-refractivity contribution in [3.8, 4) is 28.7 Å². The van der Waals surface area contributed by atoms with E-state index in [0.29, 0.717) is 34.5 Å². The number of aromatic amines is 1. The van der Waals surface area contributed by atoms with Crippen LogP contribution in [0.1, 0.15) is 35.2 Å². The first-order chi connectivity index (χ1) is 14.6. The van der Waals surface area contributed by atoms with Gasteiger partial charge < -0.3 is 9.47 Å². The van der Waals surface area contributed by atoms with Crippen molar-refractivity contribution in [3.63, 3.8) is 0 Å². The molecule has 0 radical (unpaired) electrons. The van der Waals surface area contributed by atoms with Crippen LogP contribution >= 0.6 is 11.6 Å². The Morgan fingerprint density at radius 2 is 1.93 bits per heavy atom. The van der Waals surface area contributed by atoms with Crippen molar-refractivity contribution < 1.29 is 14.5 Å². The highest BCUT2D eigenvalue weighted by molar-refractivity contribution is 6.32. The van der Waals surface area contributed by atoms with Crippen molar-refractivity contribution in [1.82, 2.24) is 0 Å². The molecule has 0 saturated heterocycles. The Bertz CT molecular complexity index is 1140. The maximum absolute atomic E-state index is 9.80. The SMILES string of the molecule is COc1ccc(-c2c(C#N)c(N)[nH+]c3c2CCCC3)cc1COc1ccccc1Cl. The molecule has 0 unspecified atom stereocenters. The minimum atomic E-state index is 0.291. The molecule has 6 heteroatoms. The molecule has 0 atom stereocenters. The fourth-order valence-electron chi connectivity index (χ4n) is 4.03. The van der Waals surface area contributed by atoms with Crippen molar-refractivity contribution >= 4 is 17.4 Å². The number of pyridine rings is 1. The van der Waals surface area contributed by atoms with Gasteiger partial charge in [-0.05, 0) is 49.1 Å². The monoisotopic (exact) mass is 420 g/mol. The zero-order valence-corrected chi connectivity index (χ0v) is 17.6. The van der Waals surface area contributed by atoms with Gasteiger partial charge in [0.25, 0.3) is 5.82 Å². The number of benzene rings is 2. The number of H-pyrrole nitrogens is 1. The fourth-order valence-corrected chi connectivity index (χ4v) is 4.22. The number of hydrogen-bond acceptors (Lipinski definition) is 4. The van der Waals surface area contributed by atoms with E-state index in [1.54, 1.807) is 13.2 Å². The normalized spacial score (nSPS) is 12.7. The molecular weight excluding hydrogens is 398 g/mol. The predicted octanol–water partition coefficient (Wildman–Crippen LogP) is 4.74. The highest BCUT2D eigenvalue weighted by Gasteiger charge is 2.25. The molecule has 30 heavy (non-hydrogen) atoms. The molecule has 2 aromatic carbocycles. The Morgan fingerprint density at radius 3 is 2.70 bits per heavy atom. The molecule has 0 amide bonds. The molecule has 3 aromatic rings. The summed E-state index contributed by atoms with van der Waals surface area (Å²) >= 11 is 6.22. The van der Waals surface area contributed by atoms with Crippen molar-refractivity contribution in [2.75, 3.05) is 12.8 Å². The summed E-state index contributed by atoms with van der Waals surface area (Å²) in [5.74, 6) is 1.74. The molecule has 1 heterocycles. The predicted molar refractivity (Wildman–Crippen MR) is 117 cm³/mol. The van der Waals surface area contributed by atoms with Gasteiger partial charge in [-0.2, -0.15) is 5.26 Å². The minimum Gasteiger partial charge on any atom is -0.496 e. The number of aromatic nitrogens is 1. The number of halogens is 1. The number of nitriles is 1. The molecule has 3 N–H and O–H groups in total. The molecule has 0 spiro atoms. The van der Waals surface area contributed by atoms with E-state index in [4.69, 9.17) is 26.8 Å². The summed E-state index contributed by atoms with van der Waals surface area (Å²) < 4.78 is 11.5. The second-order valence-electron chi connectivity index (χ2n) is 7.31. The number of rotatable bonds is 5. The number of nitrogen functional groups attached to an aromatic ring is 1. The molecule has 5 nitrogen and oxygen atoms in total. The zero-order valence-electron chi connectivity index (χ0n) is 16.8. The van der Waals surface area contributed by atoms with Gasteiger partial charge in [0, 0.05) is 23.1 Å². The van der Waals surface area contributed by atoms with Gasteiger partial charge in [-0.1, -0.05) is 29.8 Å². The van der Waals surface area contributed by atoms with Gasteiger partial charge in [0.15, 0.2) is 0 Å². The lowest BCUT2D eigenvalue weighted by Crippen LogP contribution is -2.24. The first-order valence-corrected chi connectivity index (χ1v) is 10.3. The number of anilines is 1. The maximum Gasteiger partial charge on any atom is 0.289 e. The molecule has 0 aliphatic heterocycles. The highest BCUT2D eigenvalue weighted by atomic mass is 35.5. The minimum absolute atomic E-state index is 0.291. The summed E-state index contributed by atoms with van der Waals surface area (Å²) in [5.41, 5.74) is 11.7. The van der Waals surface area contributed by atoms with Gasteiger partial charge >= 0.3 is 0 Å². The number of para-hydroxylation sites is 1. The van der Waals surface area contributed by atoms with Crippen LogP contribution in [0.4, 0.5) is 5.82 Å². The third kappa shape index (κ3) is 3.79. The lowest BCUT2D eigenvalue weighted by atomic mass is 9.86. The summed E-state index contributed by atoms with van der Waals surface area (Å²) in [6, 6.07) is 15.5. The van der Waals surface area contributed by atoms with Gasteiger partial charge in [0.05, 0.1) is 12.1 Å². The van der Waals surface area contributed by atoms with Crippen LogP contribution in [0.25, 0.3) is 11.1 Å². The average Bonchev–Trinajstić information content (AvgIpc) is 2.77. The van der Waals surface area contributed by atoms with Crippen molar-refractivity contribution in [3.05, 3.63) is 69.9 Å². The van der Waals surface area contributed by atoms with Crippen LogP contribution in [0.3, 0.4) is 0 Å². The quantitative estimate of drug-likeness (QED) is 0.646. The highest BCUT2D eigenvalue weighted by Crippen LogP contribution is 2.36. The Balaban J connectivity index is 1.78. The van der Waals surface area contributed by atoms with E-state index in [1.165, 1.54) is 5.56 Å². The van der Waals surface area contributed by atoms with Gasteiger partial charge in [-0.3, -0.25) is 5.73 Å². The van der Waals surface area contributed by atoms with E-state index in [0.717, 1.165) is 48.1 Å². The molecule has 0 fully saturated rings. The molecule has 1 aliphatic carbocycles. The lowest BCUT2D eigenvalue weighted by Gasteiger charge is -2.20. The number of nitrogens with one attached hydrogen (secondary N) is 1. The first-order valence-electron chi connectivity index (χ1n) is 9.93. The molecule has 0 saturated carbocycles. The van der Waals surface area contributed by atoms with Crippen LogP contribution < -0.4 is 20.2 Å². The van der Waals surface area contributed by atoms with E-state index in [2.05, 4.69) is 11.1 Å². The Morgan fingerprint density at radius 1 is 1.13 bits per heavy atom. The van der Waals surface area contributed by atoms with Gasteiger partial charge in [0.2, 0.25) is 0 Å². The van der Waals surface area contributed by atoms with Gasteiger partial charge in [-0.15, -0.1) is 0 Å². The van der Waals surface area contributed by atoms with Crippen LogP contribution in [0.5, 0.6) is 11.5 Å². The fraction of sp³-hybridized carbons (Fsp3) is 0.250. The molecule has 1 aromatic heterocycles. The van der Waals surface area contributed by atoms with E-state index in [1.807, 2.05) is 36.4 Å². The largest absolute Gasteiger partial charge is 0.496 e. The number of fused-ring (bicyclic) bond motifs is 1. The Labute approximate surface area is 181 Å². The standard InChI is InChI=1S/C24H22ClN3O2/c1-29-21-11-10-15(12-16(21)14-30-22-9-5-3-7-19(22)25)23-17-6-2-4-8-20(17)28-24(27)18(23)13-26/h3,5,7,9-12H,2,4,6,8,14H2,1H3,(H2,27,28)/p+1. The van der Waals surface area contributed by atoms with E-state index in [9.17, 15) is 5.26 Å². The van der Waals surface area contributed by atoms with Crippen molar-refractivity contribution in [2.45, 2.75) is 32.3 Å². The van der Waals surface area contributed by atoms with Crippen LogP contribution in [0.2, 0.25) is 5.02 Å². The van der Waals surface area contributed by atoms with Crippen LogP contribution in [0.15, 0.2) is 42.5 Å². The lowest BCUT2D eigenvalue weighted by molar-refractivity contribution is -0.374. The second-order valence-corrected chi connectivity index (χ2v) is 7.72. The summed E-state index contributed by atoms with van der Waals surface area (Å²) in [7, 11) is 1.63. The molecule has 0 bridgehead atoms.